The summed E-state index contributed by atoms with van der Waals surface area (Å²) in [4.78, 5) is 79.2. The van der Waals surface area contributed by atoms with Gasteiger partial charge in [-0.15, -0.1) is 0 Å². The maximum Gasteiger partial charge on any atom is 0.188 e. The van der Waals surface area contributed by atoms with Gasteiger partial charge < -0.3 is 89.1 Å². The molecule has 12 N–H and O–H groups in total. The highest BCUT2D eigenvalue weighted by Gasteiger charge is 2.41. The number of imidazole rings is 2. The van der Waals surface area contributed by atoms with Crippen LogP contribution >= 0.6 is 0 Å². The highest BCUT2D eigenvalue weighted by molar-refractivity contribution is 6.36. The predicted molar refractivity (Wildman–Crippen MR) is 491 cm³/mol. The lowest BCUT2D eigenvalue weighted by atomic mass is 10.1. The molecule has 10 aromatic rings. The highest BCUT2D eigenvalue weighted by Crippen LogP contribution is 2.39. The predicted octanol–water partition coefficient (Wildman–Crippen LogP) is 12.8. The normalized spacial score (nSPS) is 18.6. The third-order valence-electron chi connectivity index (χ3n) is 22.0. The molecule has 0 saturated carbocycles. The quantitative estimate of drug-likeness (QED) is 0.0400. The average Bonchev–Trinajstić information content (AvgIpc) is 1.66. The molecule has 32 heteroatoms. The Balaban J connectivity index is 0.000000117. The average molecular weight is 1700 g/mol. The number of amidine groups is 8. The van der Waals surface area contributed by atoms with Gasteiger partial charge in [0, 0.05) is 103 Å². The molecule has 127 heavy (non-hydrogen) atoms. The number of H-pyrrole nitrogens is 2. The number of carbonyl (C=O) groups is 3. The minimum absolute atomic E-state index is 0.0722. The number of nitrogens with zero attached hydrogens (tertiary/aromatic N) is 11. The summed E-state index contributed by atoms with van der Waals surface area (Å²) in [5.41, 5.74) is 14.6. The van der Waals surface area contributed by atoms with Gasteiger partial charge in [-0.25, -0.2) is 15.0 Å². The van der Waals surface area contributed by atoms with Crippen molar-refractivity contribution < 1.29 is 53.0 Å². The van der Waals surface area contributed by atoms with E-state index in [1.807, 2.05) is 152 Å². The molecule has 0 spiro atoms. The lowest BCUT2D eigenvalue weighted by Gasteiger charge is -2.19. The molecule has 0 radical (unpaired) electrons. The summed E-state index contributed by atoms with van der Waals surface area (Å²) in [5, 5.41) is 72.7. The first-order valence-electron chi connectivity index (χ1n) is 40.5. The van der Waals surface area contributed by atoms with Crippen LogP contribution in [0.15, 0.2) is 290 Å². The molecule has 0 bridgehead atoms. The molecule has 3 fully saturated rings. The van der Waals surface area contributed by atoms with E-state index in [2.05, 4.69) is 61.9 Å². The number of Topliss-reactive ketones (excluding diaryl/α,β-unsaturated/α-hetero) is 3. The molecule has 8 aromatic carbocycles. The van der Waals surface area contributed by atoms with Crippen LogP contribution < -0.4 is 59.1 Å². The van der Waals surface area contributed by atoms with E-state index in [4.69, 9.17) is 55.5 Å². The van der Waals surface area contributed by atoms with Crippen molar-refractivity contribution >= 4 is 126 Å². The second kappa shape index (κ2) is 37.0. The number of methoxy groups -OCH3 is 6. The number of para-hydroxylation sites is 4. The summed E-state index contributed by atoms with van der Waals surface area (Å²) in [5.74, 6) is 7.95. The number of carbonyl (C=O) groups excluding carboxylic acids is 3. The van der Waals surface area contributed by atoms with E-state index in [-0.39, 0.29) is 90.8 Å². The zero-order valence-electron chi connectivity index (χ0n) is 70.1. The zero-order chi connectivity index (χ0) is 88.5. The van der Waals surface area contributed by atoms with Gasteiger partial charge in [-0.05, 0) is 41.5 Å². The number of rotatable bonds is 16. The first-order chi connectivity index (χ1) is 61.8. The summed E-state index contributed by atoms with van der Waals surface area (Å²) in [6.07, 6.45) is 11.3. The molecule has 0 amide bonds. The SMILES string of the molecule is COc1cc(OC)cc(N2CC(=O)C(=C3CC=C(c4ccccc4)N3)C2=N)c1.COc1cc(OC)cc(N2CC(=O)C(=C3CN=C(Cc4ccccc4)N3)C2=N)c1.COc1cc(OC)cc(N2CC(=O)C(=C3CN=C(c4ccccc4)N3)C2=N)c1.N=C1C(c2nc3ccccc3[nH]2)=C(O)CN1C1=CCN=C1.N=C1C(c2nc3ccccc3[nH]2)=C(O)CN1C1=NC=CC1. The lowest BCUT2D eigenvalue weighted by molar-refractivity contribution is -0.114. The molecule has 640 valence electrons. The highest BCUT2D eigenvalue weighted by atomic mass is 16.5. The van der Waals surface area contributed by atoms with Crippen LogP contribution in [0.5, 0.6) is 34.5 Å². The summed E-state index contributed by atoms with van der Waals surface area (Å²) < 4.78 is 31.9. The van der Waals surface area contributed by atoms with E-state index >= 15 is 0 Å². The Labute approximate surface area is 729 Å². The smallest absolute Gasteiger partial charge is 0.188 e. The Morgan fingerprint density at radius 1 is 0.417 bits per heavy atom. The molecule has 0 aliphatic carbocycles. The number of benzene rings is 8. The van der Waals surface area contributed by atoms with E-state index in [0.717, 1.165) is 67.5 Å². The van der Waals surface area contributed by atoms with Crippen LogP contribution in [0.1, 0.15) is 41.2 Å². The van der Waals surface area contributed by atoms with Crippen LogP contribution in [-0.4, -0.2) is 205 Å². The van der Waals surface area contributed by atoms with Gasteiger partial charge in [-0.2, -0.15) is 0 Å². The number of nitrogens with one attached hydrogen (secondary N) is 10. The minimum atomic E-state index is -0.112. The number of aromatic amines is 2. The van der Waals surface area contributed by atoms with E-state index in [9.17, 15) is 24.6 Å². The van der Waals surface area contributed by atoms with Crippen molar-refractivity contribution in [3.05, 3.63) is 298 Å². The van der Waals surface area contributed by atoms with Gasteiger partial charge in [-0.1, -0.05) is 127 Å². The fourth-order valence-electron chi connectivity index (χ4n) is 15.6. The number of hydrogen-bond donors (Lipinski definition) is 12. The van der Waals surface area contributed by atoms with Crippen molar-refractivity contribution in [2.75, 3.05) is 110 Å². The molecule has 0 unspecified atom stereocenters. The van der Waals surface area contributed by atoms with E-state index in [1.165, 1.54) is 0 Å². The number of ether oxygens (including phenoxy) is 6. The molecular weight excluding hydrogens is 1610 g/mol. The monoisotopic (exact) mass is 1700 g/mol. The third kappa shape index (κ3) is 17.8. The fourth-order valence-corrected chi connectivity index (χ4v) is 15.6. The molecule has 0 atom stereocenters. The Kier molecular flexibility index (Phi) is 24.5. The lowest BCUT2D eigenvalue weighted by Crippen LogP contribution is -2.32. The molecule has 10 aliphatic rings. The molecule has 10 aliphatic heterocycles. The standard InChI is InChI=1S/C22H22N4O3.C22H21N3O3.C21H20N4O3.2C15H13N5O/c1-28-16-9-15(10-17(11-16)29-2)26-13-19(27)21(22(26)23)18-12-24-20(25-18)8-14-6-4-3-5-7-14;1-27-16-10-15(11-17(12-16)28-2)25-13-20(26)21(22(25)23)19-9-8-18(24-19)14-6-4-3-5-7-14;1-27-15-8-14(9-16(10-15)28-2)25-12-18(26)19(20(25)22)17-11-23-21(24-17)13-6-4-3-5-7-13;16-14-13(11(21)8-20(14)12-6-3-7-17-12)15-18-9-4-1-2-5-10(9)19-15;16-14-13(12(21)8-20(14)9-5-6-17-7-9)15-18-10-3-1-2-4-11(10)19-15/h3-7,9-11,23H,8,12-13H2,1-2H3,(H,24,25);3-8,10-12,23-24H,9,13H2,1-2H3;3-10,22H,11-12H2,1-2H3,(H,23,24);2*1-5,7,16,21H,6,8H2,(H,18,19). The van der Waals surface area contributed by atoms with Crippen LogP contribution in [-0.2, 0) is 20.8 Å². The Hall–Kier alpha value is -16.5. The van der Waals surface area contributed by atoms with Crippen LogP contribution in [0, 0.1) is 27.0 Å². The summed E-state index contributed by atoms with van der Waals surface area (Å²) in [7, 11) is 9.42. The van der Waals surface area contributed by atoms with E-state index < -0.39 is 0 Å². The van der Waals surface area contributed by atoms with Crippen molar-refractivity contribution in [1.82, 2.24) is 45.7 Å². The number of aromatic nitrogens is 4. The Morgan fingerprint density at radius 3 is 1.28 bits per heavy atom. The molecular formula is C95H89N21O11. The van der Waals surface area contributed by atoms with Gasteiger partial charge in [0.1, 0.15) is 104 Å². The number of aliphatic hydroxyl groups excluding tert-OH is 2. The summed E-state index contributed by atoms with van der Waals surface area (Å²) >= 11 is 0. The molecule has 32 nitrogen and oxygen atoms in total. The van der Waals surface area contributed by atoms with E-state index in [0.29, 0.717) is 147 Å². The molecule has 3 saturated heterocycles. The van der Waals surface area contributed by atoms with Crippen LogP contribution in [0.2, 0.25) is 0 Å². The third-order valence-corrected chi connectivity index (χ3v) is 22.0. The number of allylic oxidation sites excluding steroid dienone is 2. The molecule has 2 aromatic heterocycles. The van der Waals surface area contributed by atoms with Crippen LogP contribution in [0.25, 0.3) is 38.9 Å². The largest absolute Gasteiger partial charge is 0.509 e. The summed E-state index contributed by atoms with van der Waals surface area (Å²) in [6.45, 7) is 2.22. The number of fused-ring (bicyclic) bond motifs is 2. The zero-order valence-corrected chi connectivity index (χ0v) is 70.1. The first kappa shape index (κ1) is 84.1. The maximum atomic E-state index is 12.7. The van der Waals surface area contributed by atoms with Crippen molar-refractivity contribution in [1.29, 1.82) is 27.0 Å². The topological polar surface area (TPSA) is 425 Å². The summed E-state index contributed by atoms with van der Waals surface area (Å²) in [6, 6.07) is 61.0. The van der Waals surface area contributed by atoms with Crippen molar-refractivity contribution in [3.8, 4) is 34.5 Å². The second-order valence-electron chi connectivity index (χ2n) is 29.8. The van der Waals surface area contributed by atoms with Gasteiger partial charge >= 0.3 is 0 Å². The molecule has 12 heterocycles. The van der Waals surface area contributed by atoms with Crippen molar-refractivity contribution in [2.24, 2.45) is 20.0 Å². The number of hydrogen-bond acceptors (Lipinski definition) is 25. The first-order valence-corrected chi connectivity index (χ1v) is 40.5. The number of aliphatic imine (C=N–C) groups is 4. The Morgan fingerprint density at radius 2 is 0.835 bits per heavy atom. The maximum absolute atomic E-state index is 12.7. The molecule has 20 rings (SSSR count). The number of aliphatic hydroxyl groups is 2. The number of ketones is 3. The van der Waals surface area contributed by atoms with Crippen molar-refractivity contribution in [3.63, 3.8) is 0 Å². The minimum Gasteiger partial charge on any atom is -0.509 e. The van der Waals surface area contributed by atoms with E-state index in [1.54, 1.807) is 134 Å². The van der Waals surface area contributed by atoms with Crippen molar-refractivity contribution in [2.45, 2.75) is 19.3 Å². The second-order valence-corrected chi connectivity index (χ2v) is 29.8. The van der Waals surface area contributed by atoms with Crippen LogP contribution in [0.4, 0.5) is 17.1 Å². The van der Waals surface area contributed by atoms with Gasteiger partial charge in [0.25, 0.3) is 0 Å². The number of anilines is 3. The van der Waals surface area contributed by atoms with Crippen LogP contribution in [0.3, 0.4) is 0 Å². The van der Waals surface area contributed by atoms with Gasteiger partial charge in [0.2, 0.25) is 0 Å². The Bertz CT molecular complexity index is 6250. The fraction of sp³-hybridized carbons (Fsp3) is 0.179. The van der Waals surface area contributed by atoms with Gasteiger partial charge in [-0.3, -0.25) is 56.4 Å². The van der Waals surface area contributed by atoms with Gasteiger partial charge in [0.05, 0.1) is 179 Å². The van der Waals surface area contributed by atoms with Gasteiger partial charge in [0.15, 0.2) is 17.3 Å².